The van der Waals surface area contributed by atoms with E-state index >= 15 is 0 Å². The zero-order valence-corrected chi connectivity index (χ0v) is 12.5. The van der Waals surface area contributed by atoms with E-state index in [9.17, 15) is 4.79 Å². The number of ketones is 1. The number of rotatable bonds is 4. The Kier molecular flexibility index (Phi) is 4.36. The Hall–Kier alpha value is -1.65. The summed E-state index contributed by atoms with van der Waals surface area (Å²) < 4.78 is 0. The number of nitrogens with zero attached hydrogens (tertiary/aromatic N) is 2. The third-order valence-corrected chi connectivity index (χ3v) is 4.19. The number of hydrogen-bond donors (Lipinski definition) is 1. The van der Waals surface area contributed by atoms with Gasteiger partial charge >= 0.3 is 0 Å². The van der Waals surface area contributed by atoms with E-state index in [2.05, 4.69) is 14.9 Å². The summed E-state index contributed by atoms with van der Waals surface area (Å²) in [5.41, 5.74) is 0.754. The van der Waals surface area contributed by atoms with Crippen LogP contribution in [0.2, 0.25) is 5.02 Å². The highest BCUT2D eigenvalue weighted by atomic mass is 35.5. The van der Waals surface area contributed by atoms with Crippen molar-refractivity contribution in [2.75, 3.05) is 13.1 Å². The fourth-order valence-electron chi connectivity index (χ4n) is 2.86. The first kappa shape index (κ1) is 14.3. The van der Waals surface area contributed by atoms with Crippen molar-refractivity contribution in [1.82, 2.24) is 14.9 Å². The molecule has 1 N–H and O–H groups in total. The van der Waals surface area contributed by atoms with E-state index in [-0.39, 0.29) is 11.7 Å². The molecule has 21 heavy (non-hydrogen) atoms. The van der Waals surface area contributed by atoms with Crippen LogP contribution in [0.1, 0.15) is 29.0 Å². The Labute approximate surface area is 129 Å². The maximum Gasteiger partial charge on any atom is 0.167 e. The molecule has 0 spiro atoms. The van der Waals surface area contributed by atoms with Crippen LogP contribution in [0, 0.1) is 5.92 Å². The molecule has 1 aromatic carbocycles. The lowest BCUT2D eigenvalue weighted by Crippen LogP contribution is -2.38. The Morgan fingerprint density at radius 3 is 2.90 bits per heavy atom. The number of carbonyl (C=O) groups excluding carboxylic acids is 1. The lowest BCUT2D eigenvalue weighted by Gasteiger charge is -2.31. The van der Waals surface area contributed by atoms with Gasteiger partial charge in [0.25, 0.3) is 0 Å². The van der Waals surface area contributed by atoms with Crippen molar-refractivity contribution in [2.24, 2.45) is 5.92 Å². The predicted octanol–water partition coefficient (Wildman–Crippen LogP) is 3.16. The molecule has 0 bridgehead atoms. The summed E-state index contributed by atoms with van der Waals surface area (Å²) in [5, 5.41) is 0.662. The minimum atomic E-state index is 0.0647. The van der Waals surface area contributed by atoms with Crippen LogP contribution in [0.15, 0.2) is 36.7 Å². The highest BCUT2D eigenvalue weighted by Gasteiger charge is 2.26. The van der Waals surface area contributed by atoms with E-state index in [0.717, 1.165) is 43.9 Å². The van der Waals surface area contributed by atoms with E-state index in [1.165, 1.54) is 0 Å². The van der Waals surface area contributed by atoms with Crippen LogP contribution in [0.5, 0.6) is 0 Å². The lowest BCUT2D eigenvalue weighted by atomic mass is 9.90. The number of halogens is 1. The highest BCUT2D eigenvalue weighted by Crippen LogP contribution is 2.22. The largest absolute Gasteiger partial charge is 0.348 e. The highest BCUT2D eigenvalue weighted by molar-refractivity contribution is 6.30. The van der Waals surface area contributed by atoms with Crippen molar-refractivity contribution in [2.45, 2.75) is 19.4 Å². The van der Waals surface area contributed by atoms with Gasteiger partial charge in [0.15, 0.2) is 5.78 Å². The lowest BCUT2D eigenvalue weighted by molar-refractivity contribution is 0.0808. The van der Waals surface area contributed by atoms with Crippen LogP contribution in [-0.4, -0.2) is 33.7 Å². The zero-order chi connectivity index (χ0) is 14.7. The fourth-order valence-corrected chi connectivity index (χ4v) is 2.99. The summed E-state index contributed by atoms with van der Waals surface area (Å²) in [5.74, 6) is 1.24. The summed E-state index contributed by atoms with van der Waals surface area (Å²) in [6, 6.07) is 7.18. The van der Waals surface area contributed by atoms with Gasteiger partial charge in [-0.3, -0.25) is 9.69 Å². The average Bonchev–Trinajstić information content (AvgIpc) is 3.00. The molecule has 2 aromatic rings. The Morgan fingerprint density at radius 1 is 1.38 bits per heavy atom. The molecule has 0 aliphatic carbocycles. The van der Waals surface area contributed by atoms with E-state index in [1.54, 1.807) is 18.3 Å². The number of H-pyrrole nitrogens is 1. The number of piperidine rings is 1. The first-order valence-corrected chi connectivity index (χ1v) is 7.60. The van der Waals surface area contributed by atoms with Crippen LogP contribution in [0.3, 0.4) is 0 Å². The van der Waals surface area contributed by atoms with Gasteiger partial charge < -0.3 is 4.98 Å². The summed E-state index contributed by atoms with van der Waals surface area (Å²) in [6.07, 6.45) is 5.59. The molecule has 1 aliphatic heterocycles. The van der Waals surface area contributed by atoms with Gasteiger partial charge in [-0.15, -0.1) is 0 Å². The van der Waals surface area contributed by atoms with Gasteiger partial charge in [0.1, 0.15) is 5.82 Å². The van der Waals surface area contributed by atoms with Gasteiger partial charge in [0.05, 0.1) is 6.54 Å². The zero-order valence-electron chi connectivity index (χ0n) is 11.8. The van der Waals surface area contributed by atoms with Crippen LogP contribution >= 0.6 is 11.6 Å². The maximum atomic E-state index is 12.6. The van der Waals surface area contributed by atoms with E-state index in [4.69, 9.17) is 11.6 Å². The third kappa shape index (κ3) is 3.52. The molecule has 1 fully saturated rings. The smallest absolute Gasteiger partial charge is 0.167 e. The van der Waals surface area contributed by atoms with Gasteiger partial charge in [0.2, 0.25) is 0 Å². The van der Waals surface area contributed by atoms with Crippen LogP contribution in [0.25, 0.3) is 0 Å². The minimum Gasteiger partial charge on any atom is -0.348 e. The number of hydrogen-bond acceptors (Lipinski definition) is 3. The molecule has 1 aliphatic rings. The second-order valence-corrected chi connectivity index (χ2v) is 5.92. The van der Waals surface area contributed by atoms with Gasteiger partial charge in [-0.1, -0.05) is 11.6 Å². The molecular weight excluding hydrogens is 286 g/mol. The van der Waals surface area contributed by atoms with Gasteiger partial charge in [-0.25, -0.2) is 4.98 Å². The number of aromatic nitrogens is 2. The molecule has 1 saturated heterocycles. The molecule has 1 atom stereocenters. The van der Waals surface area contributed by atoms with Crippen LogP contribution in [-0.2, 0) is 6.54 Å². The number of benzene rings is 1. The summed E-state index contributed by atoms with van der Waals surface area (Å²) in [4.78, 5) is 22.2. The maximum absolute atomic E-state index is 12.6. The van der Waals surface area contributed by atoms with Crippen molar-refractivity contribution >= 4 is 17.4 Å². The molecule has 3 rings (SSSR count). The first-order chi connectivity index (χ1) is 10.2. The van der Waals surface area contributed by atoms with Crippen molar-refractivity contribution in [3.63, 3.8) is 0 Å². The summed E-state index contributed by atoms with van der Waals surface area (Å²) in [7, 11) is 0. The van der Waals surface area contributed by atoms with Crippen LogP contribution in [0.4, 0.5) is 0 Å². The third-order valence-electron chi connectivity index (χ3n) is 3.93. The summed E-state index contributed by atoms with van der Waals surface area (Å²) >= 11 is 5.87. The summed E-state index contributed by atoms with van der Waals surface area (Å²) in [6.45, 7) is 2.59. The number of carbonyl (C=O) groups is 1. The molecule has 0 unspecified atom stereocenters. The van der Waals surface area contributed by atoms with Crippen molar-refractivity contribution in [3.8, 4) is 0 Å². The normalized spacial score (nSPS) is 19.6. The molecule has 5 heteroatoms. The monoisotopic (exact) mass is 303 g/mol. The van der Waals surface area contributed by atoms with Crippen LogP contribution < -0.4 is 0 Å². The van der Waals surface area contributed by atoms with E-state index < -0.39 is 0 Å². The topological polar surface area (TPSA) is 49.0 Å². The molecule has 0 saturated carbocycles. The predicted molar refractivity (Wildman–Crippen MR) is 82.4 cm³/mol. The van der Waals surface area contributed by atoms with E-state index in [1.807, 2.05) is 18.3 Å². The first-order valence-electron chi connectivity index (χ1n) is 7.23. The molecular formula is C16H18ClN3O. The minimum absolute atomic E-state index is 0.0647. The fraction of sp³-hybridized carbons (Fsp3) is 0.375. The molecule has 1 aromatic heterocycles. The quantitative estimate of drug-likeness (QED) is 0.883. The Balaban J connectivity index is 1.65. The molecule has 110 valence electrons. The second-order valence-electron chi connectivity index (χ2n) is 5.48. The Bertz CT molecular complexity index is 594. The molecule has 0 amide bonds. The molecule has 2 heterocycles. The van der Waals surface area contributed by atoms with Crippen molar-refractivity contribution in [1.29, 1.82) is 0 Å². The average molecular weight is 304 g/mol. The van der Waals surface area contributed by atoms with E-state index in [0.29, 0.717) is 5.02 Å². The van der Waals surface area contributed by atoms with Gasteiger partial charge in [0, 0.05) is 35.4 Å². The Morgan fingerprint density at radius 2 is 2.19 bits per heavy atom. The number of likely N-dealkylation sites (tertiary alicyclic amines) is 1. The van der Waals surface area contributed by atoms with Crippen molar-refractivity contribution < 1.29 is 4.79 Å². The number of nitrogens with one attached hydrogen (secondary N) is 1. The number of Topliss-reactive ketones (excluding diaryl/α,β-unsaturated/α-hetero) is 1. The van der Waals surface area contributed by atoms with Gasteiger partial charge in [-0.05, 0) is 43.7 Å². The molecule has 0 radical (unpaired) electrons. The van der Waals surface area contributed by atoms with Gasteiger partial charge in [-0.2, -0.15) is 0 Å². The SMILES string of the molecule is O=C(c1ccc(Cl)cc1)[C@H]1CCCN(Cc2ncc[nH]2)C1. The second kappa shape index (κ2) is 6.41. The number of aromatic amines is 1. The van der Waals surface area contributed by atoms with Crippen molar-refractivity contribution in [3.05, 3.63) is 53.1 Å². The number of imidazole rings is 1. The molecule has 4 nitrogen and oxygen atoms in total. The standard InChI is InChI=1S/C16H18ClN3O/c17-14-5-3-12(4-6-14)16(21)13-2-1-9-20(10-13)11-15-18-7-8-19-15/h3-8,13H,1-2,9-11H2,(H,18,19)/t13-/m0/s1.